The van der Waals surface area contributed by atoms with Crippen LogP contribution >= 0.6 is 0 Å². The second-order valence-corrected chi connectivity index (χ2v) is 6.27. The minimum Gasteiger partial charge on any atom is -0.468 e. The molecule has 0 spiro atoms. The number of nitrogens with one attached hydrogen (secondary N) is 2. The molecule has 10 heteroatoms. The summed E-state index contributed by atoms with van der Waals surface area (Å²) in [4.78, 5) is 28.6. The van der Waals surface area contributed by atoms with Gasteiger partial charge in [-0.3, -0.25) is 14.9 Å². The zero-order chi connectivity index (χ0) is 20.5. The van der Waals surface area contributed by atoms with Crippen LogP contribution in [0.4, 0.5) is 10.5 Å². The van der Waals surface area contributed by atoms with Crippen LogP contribution in [0.2, 0.25) is 0 Å². The van der Waals surface area contributed by atoms with E-state index in [-0.39, 0.29) is 18.2 Å². The van der Waals surface area contributed by atoms with Crippen LogP contribution in [-0.4, -0.2) is 64.2 Å². The molecule has 2 amide bonds. The summed E-state index contributed by atoms with van der Waals surface area (Å²) in [5.74, 6) is -0.713. The number of carbonyl (C=O) groups excluding carboxylic acids is 2. The van der Waals surface area contributed by atoms with Gasteiger partial charge in [0.15, 0.2) is 6.10 Å². The molecule has 1 aromatic rings. The quantitative estimate of drug-likeness (QED) is 0.330. The Morgan fingerprint density at radius 3 is 2.57 bits per heavy atom. The number of hydrogen-bond donors (Lipinski definition) is 5. The van der Waals surface area contributed by atoms with Gasteiger partial charge in [-0.15, -0.1) is 0 Å². The molecule has 0 radical (unpaired) electrons. The van der Waals surface area contributed by atoms with Gasteiger partial charge in [0.2, 0.25) is 5.91 Å². The number of hydrogen-bond acceptors (Lipinski definition) is 8. The summed E-state index contributed by atoms with van der Waals surface area (Å²) in [6.45, 7) is 1.32. The van der Waals surface area contributed by atoms with E-state index in [2.05, 4.69) is 15.8 Å². The molecule has 1 aromatic carbocycles. The zero-order valence-electron chi connectivity index (χ0n) is 15.4. The van der Waals surface area contributed by atoms with Crippen molar-refractivity contribution in [1.82, 2.24) is 5.32 Å². The minimum atomic E-state index is -1.50. The fraction of sp³-hybridized carbons (Fsp3) is 0.500. The first-order chi connectivity index (χ1) is 13.5. The number of anilines is 1. The van der Waals surface area contributed by atoms with Crippen LogP contribution in [0.1, 0.15) is 26.2 Å². The number of unbranched alkanes of at least 4 members (excludes halogenated alkanes) is 1. The summed E-state index contributed by atoms with van der Waals surface area (Å²) < 4.78 is 5.31. The Balaban J connectivity index is 2.09. The van der Waals surface area contributed by atoms with Gasteiger partial charge >= 0.3 is 6.09 Å². The Morgan fingerprint density at radius 1 is 1.21 bits per heavy atom. The molecule has 0 unspecified atom stereocenters. The van der Waals surface area contributed by atoms with Crippen molar-refractivity contribution in [3.63, 3.8) is 0 Å². The molecule has 1 saturated heterocycles. The van der Waals surface area contributed by atoms with E-state index in [1.54, 1.807) is 30.3 Å². The normalized spacial score (nSPS) is 25.6. The third-order valence-electron chi connectivity index (χ3n) is 4.10. The number of carbonyl (C=O) groups is 2. The molecular weight excluding hydrogens is 370 g/mol. The predicted octanol–water partition coefficient (Wildman–Crippen LogP) is 0.336. The summed E-state index contributed by atoms with van der Waals surface area (Å²) >= 11 is 0. The van der Waals surface area contributed by atoms with Crippen LogP contribution in [0.5, 0.6) is 0 Å². The van der Waals surface area contributed by atoms with E-state index in [1.807, 2.05) is 6.92 Å². The van der Waals surface area contributed by atoms with E-state index in [1.165, 1.54) is 0 Å². The minimum absolute atomic E-state index is 0.210. The summed E-state index contributed by atoms with van der Waals surface area (Å²) in [7, 11) is 0. The molecule has 10 nitrogen and oxygen atoms in total. The number of para-hydroxylation sites is 1. The molecule has 2 rings (SSSR count). The average molecular weight is 395 g/mol. The van der Waals surface area contributed by atoms with Crippen molar-refractivity contribution in [2.45, 2.75) is 50.5 Å². The van der Waals surface area contributed by atoms with Crippen LogP contribution in [0.25, 0.3) is 0 Å². The first-order valence-electron chi connectivity index (χ1n) is 9.00. The fourth-order valence-electron chi connectivity index (χ4n) is 2.56. The Labute approximate surface area is 162 Å². The number of amides is 2. The van der Waals surface area contributed by atoms with Gasteiger partial charge in [0.05, 0.1) is 6.61 Å². The van der Waals surface area contributed by atoms with Crippen LogP contribution in [0.15, 0.2) is 35.5 Å². The van der Waals surface area contributed by atoms with Gasteiger partial charge < -0.3 is 25.4 Å². The number of benzene rings is 1. The fourth-order valence-corrected chi connectivity index (χ4v) is 2.56. The average Bonchev–Trinajstić information content (AvgIpc) is 2.70. The highest BCUT2D eigenvalue weighted by Gasteiger charge is 2.44. The van der Waals surface area contributed by atoms with Gasteiger partial charge in [0.1, 0.15) is 18.2 Å². The number of rotatable bonds is 7. The Morgan fingerprint density at radius 2 is 1.93 bits per heavy atom. The van der Waals surface area contributed by atoms with E-state index >= 15 is 0 Å². The van der Waals surface area contributed by atoms with E-state index < -0.39 is 37.1 Å². The predicted molar refractivity (Wildman–Crippen MR) is 99.4 cm³/mol. The van der Waals surface area contributed by atoms with Gasteiger partial charge in [-0.25, -0.2) is 4.79 Å². The lowest BCUT2D eigenvalue weighted by molar-refractivity contribution is -0.128. The zero-order valence-corrected chi connectivity index (χ0v) is 15.4. The van der Waals surface area contributed by atoms with Crippen molar-refractivity contribution in [1.29, 1.82) is 0 Å². The number of ether oxygens (including phenoxy) is 1. The third kappa shape index (κ3) is 5.91. The Kier molecular flexibility index (Phi) is 8.18. The van der Waals surface area contributed by atoms with Crippen LogP contribution in [0.3, 0.4) is 0 Å². The van der Waals surface area contributed by atoms with Gasteiger partial charge in [0, 0.05) is 12.1 Å². The summed E-state index contributed by atoms with van der Waals surface area (Å²) in [6.07, 6.45) is -3.41. The maximum absolute atomic E-state index is 12.0. The lowest BCUT2D eigenvalue weighted by Crippen LogP contribution is -2.62. The molecule has 1 fully saturated rings. The molecule has 4 atom stereocenters. The van der Waals surface area contributed by atoms with Gasteiger partial charge in [-0.1, -0.05) is 31.5 Å². The van der Waals surface area contributed by atoms with Crippen molar-refractivity contribution < 1.29 is 34.5 Å². The van der Waals surface area contributed by atoms with Crippen molar-refractivity contribution in [3.8, 4) is 0 Å². The number of aliphatic hydroxyl groups is 3. The van der Waals surface area contributed by atoms with Crippen LogP contribution in [-0.2, 0) is 14.4 Å². The molecule has 28 heavy (non-hydrogen) atoms. The molecule has 1 aliphatic rings. The molecule has 1 aliphatic heterocycles. The first-order valence-corrected chi connectivity index (χ1v) is 9.00. The molecule has 0 aliphatic carbocycles. The molecule has 5 N–H and O–H groups in total. The molecule has 0 bridgehead atoms. The van der Waals surface area contributed by atoms with Crippen molar-refractivity contribution in [3.05, 3.63) is 30.3 Å². The van der Waals surface area contributed by atoms with Crippen LogP contribution < -0.4 is 10.6 Å². The monoisotopic (exact) mass is 395 g/mol. The van der Waals surface area contributed by atoms with Crippen molar-refractivity contribution >= 4 is 23.6 Å². The molecule has 0 aromatic heterocycles. The smallest absolute Gasteiger partial charge is 0.437 e. The second kappa shape index (κ2) is 10.6. The molecule has 1 heterocycles. The van der Waals surface area contributed by atoms with Gasteiger partial charge in [0.25, 0.3) is 5.90 Å². The third-order valence-corrected chi connectivity index (χ3v) is 4.10. The Hall–Kier alpha value is -2.69. The van der Waals surface area contributed by atoms with Gasteiger partial charge in [-0.05, 0) is 23.7 Å². The number of nitrogens with zero attached hydrogens (tertiary/aromatic N) is 1. The molecular formula is C18H25N3O7. The molecule has 0 saturated carbocycles. The topological polar surface area (TPSA) is 150 Å². The van der Waals surface area contributed by atoms with E-state index in [0.717, 1.165) is 6.42 Å². The number of oxime groups is 1. The maximum Gasteiger partial charge on any atom is 0.437 e. The summed E-state index contributed by atoms with van der Waals surface area (Å²) in [6, 6.07) is 7.27. The second-order valence-electron chi connectivity index (χ2n) is 6.27. The highest BCUT2D eigenvalue weighted by atomic mass is 16.7. The van der Waals surface area contributed by atoms with E-state index in [4.69, 9.17) is 9.57 Å². The molecule has 154 valence electrons. The lowest BCUT2D eigenvalue weighted by Gasteiger charge is -2.37. The first kappa shape index (κ1) is 21.6. The largest absolute Gasteiger partial charge is 0.468 e. The highest BCUT2D eigenvalue weighted by molar-refractivity contribution is 5.90. The standard InChI is InChI=1S/C18H25N3O7/c1-2-3-9-13(23)20-14-16(25)15(24)12(10-22)27-17(14)21-28-18(26)19-11-7-5-4-6-8-11/h4-8,12,14-16,22,24-25H,2-3,9-10H2,1H3,(H,19,26)(H,20,23)/t12-,14-,15-,16-/m1/s1. The van der Waals surface area contributed by atoms with Crippen molar-refractivity contribution in [2.24, 2.45) is 5.16 Å². The summed E-state index contributed by atoms with van der Waals surface area (Å²) in [5.41, 5.74) is 0.477. The highest BCUT2D eigenvalue weighted by Crippen LogP contribution is 2.18. The van der Waals surface area contributed by atoms with Gasteiger partial charge in [-0.2, -0.15) is 0 Å². The Bertz CT molecular complexity index is 683. The van der Waals surface area contributed by atoms with Crippen LogP contribution in [0, 0.1) is 0 Å². The maximum atomic E-state index is 12.0. The SMILES string of the molecule is CCCCC(=O)N[C@H]1C(=NOC(=O)Nc2ccccc2)O[C@H](CO)[C@@H](O)[C@@H]1O. The lowest BCUT2D eigenvalue weighted by atomic mass is 9.97. The van der Waals surface area contributed by atoms with E-state index in [9.17, 15) is 24.9 Å². The van der Waals surface area contributed by atoms with Crippen molar-refractivity contribution in [2.75, 3.05) is 11.9 Å². The van der Waals surface area contributed by atoms with E-state index in [0.29, 0.717) is 12.1 Å². The summed E-state index contributed by atoms with van der Waals surface area (Å²) in [5, 5.41) is 38.1. The number of aliphatic hydroxyl groups excluding tert-OH is 3.